The summed E-state index contributed by atoms with van der Waals surface area (Å²) in [4.78, 5) is 0. The van der Waals surface area contributed by atoms with E-state index in [9.17, 15) is 0 Å². The normalized spacial score (nSPS) is 18.4. The molecule has 0 unspecified atom stereocenters. The lowest BCUT2D eigenvalue weighted by atomic mass is 9.84. The Morgan fingerprint density at radius 1 is 1.14 bits per heavy atom. The van der Waals surface area contributed by atoms with Gasteiger partial charge in [-0.15, -0.1) is 0 Å². The lowest BCUT2D eigenvalue weighted by Gasteiger charge is -2.22. The van der Waals surface area contributed by atoms with Gasteiger partial charge in [0.2, 0.25) is 0 Å². The van der Waals surface area contributed by atoms with E-state index in [1.165, 1.54) is 37.7 Å². The molecule has 0 amide bonds. The second kappa shape index (κ2) is 4.67. The Morgan fingerprint density at radius 2 is 1.86 bits per heavy atom. The summed E-state index contributed by atoms with van der Waals surface area (Å²) in [6.07, 6.45) is 6.85. The maximum Gasteiger partial charge on any atom is 0.0548 e. The molecule has 1 fully saturated rings. The van der Waals surface area contributed by atoms with E-state index in [1.807, 2.05) is 6.07 Å². The Balaban J connectivity index is 2.18. The summed E-state index contributed by atoms with van der Waals surface area (Å²) in [6, 6.07) is 6.34. The zero-order valence-electron chi connectivity index (χ0n) is 8.10. The molecule has 2 heteroatoms. The molecule has 0 spiro atoms. The van der Waals surface area contributed by atoms with Crippen molar-refractivity contribution in [1.29, 1.82) is 0 Å². The number of benzene rings is 1. The van der Waals surface area contributed by atoms with Gasteiger partial charge in [-0.2, -0.15) is 0 Å². The van der Waals surface area contributed by atoms with Crippen LogP contribution in [0.2, 0.25) is 5.02 Å². The van der Waals surface area contributed by atoms with Gasteiger partial charge in [-0.3, -0.25) is 0 Å². The van der Waals surface area contributed by atoms with Crippen LogP contribution in [0, 0.1) is 0 Å². The topological polar surface area (TPSA) is 0 Å². The van der Waals surface area contributed by atoms with Crippen LogP contribution in [0.1, 0.15) is 43.6 Å². The monoisotopic (exact) mass is 272 g/mol. The van der Waals surface area contributed by atoms with Gasteiger partial charge >= 0.3 is 0 Å². The largest absolute Gasteiger partial charge is 0.0831 e. The fraction of sp³-hybridized carbons (Fsp3) is 0.500. The molecule has 0 saturated heterocycles. The van der Waals surface area contributed by atoms with Crippen molar-refractivity contribution >= 4 is 27.5 Å². The smallest absolute Gasteiger partial charge is 0.0548 e. The summed E-state index contributed by atoms with van der Waals surface area (Å²) in [5.74, 6) is 0.761. The molecular weight excluding hydrogens is 259 g/mol. The Hall–Kier alpha value is -0.0100. The van der Waals surface area contributed by atoms with Gasteiger partial charge in [0.05, 0.1) is 5.02 Å². The molecule has 1 aromatic carbocycles. The molecule has 0 bridgehead atoms. The first-order valence-corrected chi connectivity index (χ1v) is 6.39. The summed E-state index contributed by atoms with van der Waals surface area (Å²) in [7, 11) is 0. The average Bonchev–Trinajstić information content (AvgIpc) is 2.23. The summed E-state index contributed by atoms with van der Waals surface area (Å²) in [6.45, 7) is 0. The Bertz CT molecular complexity index is 316. The number of hydrogen-bond acceptors (Lipinski definition) is 0. The van der Waals surface area contributed by atoms with E-state index in [2.05, 4.69) is 28.1 Å². The minimum atomic E-state index is 0.761. The second-order valence-electron chi connectivity index (χ2n) is 4.01. The van der Waals surface area contributed by atoms with Crippen LogP contribution in [-0.4, -0.2) is 0 Å². The number of halogens is 2. The maximum absolute atomic E-state index is 5.97. The van der Waals surface area contributed by atoms with Gasteiger partial charge in [-0.05, 0) is 52.4 Å². The van der Waals surface area contributed by atoms with Gasteiger partial charge in [0.1, 0.15) is 0 Å². The minimum absolute atomic E-state index is 0.761. The molecule has 0 nitrogen and oxygen atoms in total. The zero-order chi connectivity index (χ0) is 9.97. The van der Waals surface area contributed by atoms with Crippen LogP contribution in [0.4, 0.5) is 0 Å². The van der Waals surface area contributed by atoms with Gasteiger partial charge in [0.25, 0.3) is 0 Å². The molecule has 0 N–H and O–H groups in total. The fourth-order valence-corrected chi connectivity index (χ4v) is 2.72. The highest BCUT2D eigenvalue weighted by atomic mass is 79.9. The van der Waals surface area contributed by atoms with E-state index in [1.54, 1.807) is 0 Å². The van der Waals surface area contributed by atoms with Crippen molar-refractivity contribution < 1.29 is 0 Å². The van der Waals surface area contributed by atoms with Crippen molar-refractivity contribution in [3.8, 4) is 0 Å². The van der Waals surface area contributed by atoms with Crippen LogP contribution in [0.15, 0.2) is 22.7 Å². The average molecular weight is 274 g/mol. The van der Waals surface area contributed by atoms with E-state index in [-0.39, 0.29) is 0 Å². The molecule has 14 heavy (non-hydrogen) atoms. The lowest BCUT2D eigenvalue weighted by Crippen LogP contribution is -2.04. The highest BCUT2D eigenvalue weighted by Crippen LogP contribution is 2.35. The summed E-state index contributed by atoms with van der Waals surface area (Å²) in [5, 5.41) is 0.810. The molecule has 76 valence electrons. The lowest BCUT2D eigenvalue weighted by molar-refractivity contribution is 0.443. The Kier molecular flexibility index (Phi) is 3.51. The van der Waals surface area contributed by atoms with Gasteiger partial charge < -0.3 is 0 Å². The standard InChI is InChI=1S/C12H14BrCl/c13-11-8-10(6-7-12(11)14)9-4-2-1-3-5-9/h6-9H,1-5H2. The van der Waals surface area contributed by atoms with Gasteiger partial charge in [0.15, 0.2) is 0 Å². The molecule has 1 aliphatic carbocycles. The van der Waals surface area contributed by atoms with Gasteiger partial charge in [-0.25, -0.2) is 0 Å². The molecule has 1 aliphatic rings. The fourth-order valence-electron chi connectivity index (χ4n) is 2.20. The summed E-state index contributed by atoms with van der Waals surface area (Å²) < 4.78 is 1.03. The number of rotatable bonds is 1. The first-order chi connectivity index (χ1) is 6.77. The predicted octanol–water partition coefficient (Wildman–Crippen LogP) is 5.15. The van der Waals surface area contributed by atoms with Crippen molar-refractivity contribution in [2.75, 3.05) is 0 Å². The second-order valence-corrected chi connectivity index (χ2v) is 5.27. The van der Waals surface area contributed by atoms with Crippen LogP contribution in [0.3, 0.4) is 0 Å². The molecule has 0 heterocycles. The molecule has 1 aromatic rings. The first-order valence-electron chi connectivity index (χ1n) is 5.22. The van der Waals surface area contributed by atoms with Crippen molar-refractivity contribution in [2.24, 2.45) is 0 Å². The Labute approximate surface area is 98.8 Å². The third kappa shape index (κ3) is 2.32. The molecule has 0 radical (unpaired) electrons. The van der Waals surface area contributed by atoms with Crippen molar-refractivity contribution in [1.82, 2.24) is 0 Å². The highest BCUT2D eigenvalue weighted by molar-refractivity contribution is 9.10. The van der Waals surface area contributed by atoms with Crippen LogP contribution in [-0.2, 0) is 0 Å². The molecule has 2 rings (SSSR count). The predicted molar refractivity (Wildman–Crippen MR) is 65.0 cm³/mol. The zero-order valence-corrected chi connectivity index (χ0v) is 10.4. The van der Waals surface area contributed by atoms with Gasteiger partial charge in [0, 0.05) is 4.47 Å². The van der Waals surface area contributed by atoms with Crippen molar-refractivity contribution in [2.45, 2.75) is 38.0 Å². The maximum atomic E-state index is 5.97. The van der Waals surface area contributed by atoms with Crippen LogP contribution in [0.5, 0.6) is 0 Å². The van der Waals surface area contributed by atoms with Crippen LogP contribution < -0.4 is 0 Å². The minimum Gasteiger partial charge on any atom is -0.0831 e. The quantitative estimate of drug-likeness (QED) is 0.664. The first kappa shape index (κ1) is 10.5. The van der Waals surface area contributed by atoms with Crippen molar-refractivity contribution in [3.63, 3.8) is 0 Å². The summed E-state index contributed by atoms with van der Waals surface area (Å²) in [5.41, 5.74) is 1.45. The molecule has 0 aliphatic heterocycles. The van der Waals surface area contributed by atoms with Gasteiger partial charge in [-0.1, -0.05) is 36.9 Å². The third-order valence-corrected chi connectivity index (χ3v) is 4.23. The van der Waals surface area contributed by atoms with Crippen LogP contribution in [0.25, 0.3) is 0 Å². The molecule has 1 saturated carbocycles. The molecular formula is C12H14BrCl. The molecule has 0 aromatic heterocycles. The van der Waals surface area contributed by atoms with E-state index < -0.39 is 0 Å². The summed E-state index contributed by atoms with van der Waals surface area (Å²) >= 11 is 9.45. The van der Waals surface area contributed by atoms with E-state index in [0.29, 0.717) is 0 Å². The van der Waals surface area contributed by atoms with Crippen molar-refractivity contribution in [3.05, 3.63) is 33.3 Å². The Morgan fingerprint density at radius 3 is 2.50 bits per heavy atom. The SMILES string of the molecule is Clc1ccc(C2CCCCC2)cc1Br. The molecule has 0 atom stereocenters. The third-order valence-electron chi connectivity index (χ3n) is 3.02. The number of hydrogen-bond donors (Lipinski definition) is 0. The highest BCUT2D eigenvalue weighted by Gasteiger charge is 2.15. The van der Waals surface area contributed by atoms with E-state index >= 15 is 0 Å². The van der Waals surface area contributed by atoms with E-state index in [4.69, 9.17) is 11.6 Å². The van der Waals surface area contributed by atoms with E-state index in [0.717, 1.165) is 15.4 Å². The van der Waals surface area contributed by atoms with Crippen LogP contribution >= 0.6 is 27.5 Å².